The highest BCUT2D eigenvalue weighted by atomic mass is 28.4. The number of rotatable bonds is 2. The van der Waals surface area contributed by atoms with Crippen molar-refractivity contribution in [1.82, 2.24) is 0 Å². The lowest BCUT2D eigenvalue weighted by atomic mass is 10.0. The van der Waals surface area contributed by atoms with E-state index in [-0.39, 0.29) is 16.9 Å². The molecule has 26 heavy (non-hydrogen) atoms. The molecular weight excluding hydrogens is 344 g/mol. The highest BCUT2D eigenvalue weighted by Gasteiger charge is 2.38. The summed E-state index contributed by atoms with van der Waals surface area (Å²) in [7, 11) is -1.84. The van der Waals surface area contributed by atoms with Gasteiger partial charge in [0.1, 0.15) is 5.92 Å². The fourth-order valence-electron chi connectivity index (χ4n) is 2.72. The van der Waals surface area contributed by atoms with Crippen molar-refractivity contribution in [3.63, 3.8) is 0 Å². The number of carbonyl (C=O) groups is 2. The molecule has 5 heteroatoms. The molecule has 1 rings (SSSR count). The number of allylic oxidation sites excluding steroid dienone is 1. The molecule has 0 radical (unpaired) electrons. The number of esters is 1. The van der Waals surface area contributed by atoms with E-state index in [1.54, 1.807) is 6.92 Å². The van der Waals surface area contributed by atoms with Gasteiger partial charge in [0.15, 0.2) is 14.1 Å². The summed E-state index contributed by atoms with van der Waals surface area (Å²) in [6, 6.07) is 0. The summed E-state index contributed by atoms with van der Waals surface area (Å²) in [5.41, 5.74) is 0. The molecule has 0 aromatic heterocycles. The third kappa shape index (κ3) is 7.75. The van der Waals surface area contributed by atoms with Gasteiger partial charge in [0.2, 0.25) is 0 Å². The normalized spacial score (nSPS) is 26.5. The van der Waals surface area contributed by atoms with E-state index >= 15 is 0 Å². The lowest BCUT2D eigenvalue weighted by Crippen LogP contribution is -2.43. The van der Waals surface area contributed by atoms with Crippen molar-refractivity contribution in [2.24, 2.45) is 5.92 Å². The van der Waals surface area contributed by atoms with E-state index in [1.807, 2.05) is 6.08 Å². The minimum Gasteiger partial charge on any atom is -0.465 e. The van der Waals surface area contributed by atoms with Crippen molar-refractivity contribution in [3.05, 3.63) is 12.2 Å². The Morgan fingerprint density at radius 1 is 1.08 bits per heavy atom. The molecule has 1 aliphatic heterocycles. The van der Waals surface area contributed by atoms with Gasteiger partial charge in [-0.1, -0.05) is 52.5 Å². The summed E-state index contributed by atoms with van der Waals surface area (Å²) in [5, 5.41) is 0.168. The van der Waals surface area contributed by atoms with Crippen molar-refractivity contribution in [2.45, 2.75) is 96.9 Å². The van der Waals surface area contributed by atoms with Crippen molar-refractivity contribution in [2.75, 3.05) is 6.61 Å². The van der Waals surface area contributed by atoms with E-state index in [0.717, 1.165) is 38.5 Å². The minimum atomic E-state index is -1.84. The summed E-state index contributed by atoms with van der Waals surface area (Å²) < 4.78 is 11.8. The Bertz CT molecular complexity index is 491. The largest absolute Gasteiger partial charge is 0.465 e. The number of ketones is 1. The van der Waals surface area contributed by atoms with Crippen LogP contribution in [-0.2, 0) is 18.8 Å². The third-order valence-corrected chi connectivity index (χ3v) is 10.2. The molecule has 0 saturated carbocycles. The monoisotopic (exact) mass is 382 g/mol. The van der Waals surface area contributed by atoms with Crippen molar-refractivity contribution in [1.29, 1.82) is 0 Å². The number of ether oxygens (including phenoxy) is 1. The molecule has 0 N–H and O–H groups in total. The Hall–Kier alpha value is -0.943. The van der Waals surface area contributed by atoms with Crippen LogP contribution in [0.1, 0.15) is 72.6 Å². The van der Waals surface area contributed by atoms with Crippen LogP contribution in [0.15, 0.2) is 12.2 Å². The molecule has 4 nitrogen and oxygen atoms in total. The summed E-state index contributed by atoms with van der Waals surface area (Å²) in [4.78, 5) is 24.1. The minimum absolute atomic E-state index is 0.146. The molecule has 0 spiro atoms. The van der Waals surface area contributed by atoms with Gasteiger partial charge in [0, 0.05) is 6.10 Å². The number of carbonyl (C=O) groups excluding carboxylic acids is 2. The second-order valence-electron chi connectivity index (χ2n) is 8.99. The molecule has 150 valence electrons. The van der Waals surface area contributed by atoms with E-state index in [0.29, 0.717) is 6.61 Å². The van der Waals surface area contributed by atoms with Crippen LogP contribution in [0.2, 0.25) is 18.1 Å². The zero-order valence-electron chi connectivity index (χ0n) is 17.6. The van der Waals surface area contributed by atoms with Gasteiger partial charge < -0.3 is 9.16 Å². The molecule has 1 aliphatic rings. The first kappa shape index (κ1) is 23.1. The van der Waals surface area contributed by atoms with Gasteiger partial charge >= 0.3 is 5.97 Å². The molecule has 1 heterocycles. The fourth-order valence-corrected chi connectivity index (χ4v) is 4.12. The number of hydrogen-bond donors (Lipinski definition) is 0. The third-order valence-electron chi connectivity index (χ3n) is 5.64. The highest BCUT2D eigenvalue weighted by Crippen LogP contribution is 2.38. The molecule has 0 bridgehead atoms. The van der Waals surface area contributed by atoms with Crippen molar-refractivity contribution < 1.29 is 18.8 Å². The smallest absolute Gasteiger partial charge is 0.316 e. The zero-order valence-corrected chi connectivity index (χ0v) is 18.6. The standard InChI is InChI=1S/C21H38O4Si/c1-17-19(22)15-12-14-18(25-26(5,6)21(2,3)4)13-10-8-7-9-11-16-24-20(17)23/h12,15,17-18H,7-11,13-14,16H2,1-6H3/b15-12+. The average molecular weight is 383 g/mol. The second kappa shape index (κ2) is 10.4. The maximum absolute atomic E-state index is 12.2. The van der Waals surface area contributed by atoms with Gasteiger partial charge in [-0.15, -0.1) is 0 Å². The molecule has 0 amide bonds. The van der Waals surface area contributed by atoms with Crippen LogP contribution >= 0.6 is 0 Å². The van der Waals surface area contributed by atoms with Crippen molar-refractivity contribution >= 4 is 20.1 Å². The number of hydrogen-bond acceptors (Lipinski definition) is 4. The van der Waals surface area contributed by atoms with Gasteiger partial charge in [-0.3, -0.25) is 9.59 Å². The first-order valence-corrected chi connectivity index (χ1v) is 13.0. The molecule has 0 aromatic rings. The van der Waals surface area contributed by atoms with Crippen LogP contribution in [0.25, 0.3) is 0 Å². The van der Waals surface area contributed by atoms with E-state index in [1.165, 1.54) is 12.5 Å². The van der Waals surface area contributed by atoms with Gasteiger partial charge in [0.25, 0.3) is 0 Å². The van der Waals surface area contributed by atoms with Crippen LogP contribution in [0.3, 0.4) is 0 Å². The second-order valence-corrected chi connectivity index (χ2v) is 13.7. The molecular formula is C21H38O4Si. The Morgan fingerprint density at radius 3 is 2.35 bits per heavy atom. The van der Waals surface area contributed by atoms with E-state index in [2.05, 4.69) is 33.9 Å². The Balaban J connectivity index is 2.81. The van der Waals surface area contributed by atoms with E-state index in [4.69, 9.17) is 9.16 Å². The van der Waals surface area contributed by atoms with E-state index in [9.17, 15) is 9.59 Å². The topological polar surface area (TPSA) is 52.6 Å². The average Bonchev–Trinajstić information content (AvgIpc) is 2.54. The summed E-state index contributed by atoms with van der Waals surface area (Å²) >= 11 is 0. The molecule has 0 saturated heterocycles. The fraction of sp³-hybridized carbons (Fsp3) is 0.810. The lowest BCUT2D eigenvalue weighted by Gasteiger charge is -2.39. The Labute approximate surface area is 160 Å². The molecule has 0 aromatic carbocycles. The predicted molar refractivity (Wildman–Crippen MR) is 109 cm³/mol. The number of cyclic esters (lactones) is 1. The van der Waals surface area contributed by atoms with Gasteiger partial charge in [0.05, 0.1) is 6.61 Å². The van der Waals surface area contributed by atoms with Gasteiger partial charge in [-0.25, -0.2) is 0 Å². The SMILES string of the molecule is CC1C(=O)/C=C/CC(O[Si](C)(C)C(C)(C)C)CCCCCCCOC1=O. The van der Waals surface area contributed by atoms with Crippen LogP contribution in [-0.4, -0.2) is 32.8 Å². The lowest BCUT2D eigenvalue weighted by molar-refractivity contribution is -0.150. The Kier molecular flexibility index (Phi) is 9.24. The van der Waals surface area contributed by atoms with Gasteiger partial charge in [-0.2, -0.15) is 0 Å². The molecule has 2 atom stereocenters. The zero-order chi connectivity index (χ0) is 19.8. The Morgan fingerprint density at radius 2 is 1.69 bits per heavy atom. The summed E-state index contributed by atoms with van der Waals surface area (Å²) in [6.45, 7) is 13.3. The summed E-state index contributed by atoms with van der Waals surface area (Å²) in [6.07, 6.45) is 10.7. The van der Waals surface area contributed by atoms with Crippen LogP contribution in [0.4, 0.5) is 0 Å². The van der Waals surface area contributed by atoms with Crippen molar-refractivity contribution in [3.8, 4) is 0 Å². The highest BCUT2D eigenvalue weighted by molar-refractivity contribution is 6.74. The predicted octanol–water partition coefficient (Wildman–Crippen LogP) is 5.43. The first-order valence-electron chi connectivity index (χ1n) is 10.1. The molecule has 0 fully saturated rings. The quantitative estimate of drug-likeness (QED) is 0.363. The van der Waals surface area contributed by atoms with Gasteiger partial charge in [-0.05, 0) is 50.4 Å². The van der Waals surface area contributed by atoms with Crippen LogP contribution in [0, 0.1) is 5.92 Å². The molecule has 0 aliphatic carbocycles. The maximum atomic E-state index is 12.2. The summed E-state index contributed by atoms with van der Waals surface area (Å²) in [5.74, 6) is -1.32. The van der Waals surface area contributed by atoms with Crippen LogP contribution < -0.4 is 0 Å². The van der Waals surface area contributed by atoms with E-state index < -0.39 is 20.2 Å². The maximum Gasteiger partial charge on any atom is 0.316 e. The molecule has 2 unspecified atom stereocenters. The van der Waals surface area contributed by atoms with Crippen LogP contribution in [0.5, 0.6) is 0 Å². The first-order chi connectivity index (χ1) is 12.0.